The highest BCUT2D eigenvalue weighted by Gasteiger charge is 2.26. The molecule has 0 saturated carbocycles. The molecule has 0 aromatic heterocycles. The molecule has 0 rings (SSSR count). The van der Waals surface area contributed by atoms with Crippen LogP contribution in [0.15, 0.2) is 0 Å². The Balaban J connectivity index is 3.94. The Morgan fingerprint density at radius 2 is 1.11 bits per heavy atom. The Labute approximate surface area is 163 Å². The molecule has 0 fully saturated rings. The number of unbranched alkanes of at least 4 members (excludes halogenated alkanes) is 11. The van der Waals surface area contributed by atoms with Crippen LogP contribution in [-0.4, -0.2) is 25.0 Å². The summed E-state index contributed by atoms with van der Waals surface area (Å²) >= 11 is 0. The standard InChI is InChI=1S/C21H38O6/c1-3-4-5-6-7-8-9-10-11-12-13-14-15-17(20(23)24)18(21(25)26)16-19(22)27-2/h17-18H,3-16H2,1-2H3,(H,23,24)(H,25,26)/p-2/t17-,18-/m0/s1. The molecule has 0 aliphatic rings. The molecule has 0 spiro atoms. The lowest BCUT2D eigenvalue weighted by Gasteiger charge is -2.28. The monoisotopic (exact) mass is 384 g/mol. The van der Waals surface area contributed by atoms with Crippen molar-refractivity contribution in [3.05, 3.63) is 0 Å². The number of carboxylic acids is 2. The molecule has 0 heterocycles. The minimum absolute atomic E-state index is 0.176. The molecular weight excluding hydrogens is 348 g/mol. The highest BCUT2D eigenvalue weighted by atomic mass is 16.5. The van der Waals surface area contributed by atoms with E-state index in [2.05, 4.69) is 11.7 Å². The van der Waals surface area contributed by atoms with Crippen LogP contribution in [0.25, 0.3) is 0 Å². The van der Waals surface area contributed by atoms with Crippen molar-refractivity contribution in [1.82, 2.24) is 0 Å². The lowest BCUT2D eigenvalue weighted by atomic mass is 9.85. The fraction of sp³-hybridized carbons (Fsp3) is 0.857. The van der Waals surface area contributed by atoms with Gasteiger partial charge in [-0.15, -0.1) is 0 Å². The van der Waals surface area contributed by atoms with E-state index in [1.165, 1.54) is 51.4 Å². The second kappa shape index (κ2) is 16.6. The van der Waals surface area contributed by atoms with Gasteiger partial charge in [0.25, 0.3) is 0 Å². The van der Waals surface area contributed by atoms with Gasteiger partial charge in [0, 0.05) is 23.8 Å². The maximum Gasteiger partial charge on any atom is 0.306 e. The van der Waals surface area contributed by atoms with Gasteiger partial charge in [-0.3, -0.25) is 4.79 Å². The molecule has 2 atom stereocenters. The third kappa shape index (κ3) is 13.3. The summed E-state index contributed by atoms with van der Waals surface area (Å²) in [5.41, 5.74) is 0. The van der Waals surface area contributed by atoms with Gasteiger partial charge in [-0.25, -0.2) is 0 Å². The van der Waals surface area contributed by atoms with Gasteiger partial charge in [0.15, 0.2) is 0 Å². The van der Waals surface area contributed by atoms with Crippen molar-refractivity contribution in [2.24, 2.45) is 11.8 Å². The highest BCUT2D eigenvalue weighted by molar-refractivity contribution is 5.82. The maximum atomic E-state index is 11.3. The maximum absolute atomic E-state index is 11.3. The van der Waals surface area contributed by atoms with E-state index < -0.39 is 36.2 Å². The number of hydrogen-bond donors (Lipinski definition) is 0. The van der Waals surface area contributed by atoms with Gasteiger partial charge in [-0.05, 0) is 6.42 Å². The van der Waals surface area contributed by atoms with Crippen LogP contribution in [0.2, 0.25) is 0 Å². The molecule has 0 bridgehead atoms. The normalized spacial score (nSPS) is 13.1. The van der Waals surface area contributed by atoms with E-state index in [4.69, 9.17) is 0 Å². The zero-order valence-corrected chi connectivity index (χ0v) is 17.0. The predicted molar refractivity (Wildman–Crippen MR) is 99.3 cm³/mol. The number of ether oxygens (including phenoxy) is 1. The second-order valence-corrected chi connectivity index (χ2v) is 7.31. The molecule has 158 valence electrons. The fourth-order valence-electron chi connectivity index (χ4n) is 3.34. The molecular formula is C21H36O6-2. The van der Waals surface area contributed by atoms with Crippen LogP contribution in [0.3, 0.4) is 0 Å². The SMILES string of the molecule is CCCCCCCCCCCCCC[C@H](C(=O)[O-])[C@H](CC(=O)OC)C(=O)[O-]. The Morgan fingerprint density at radius 3 is 1.48 bits per heavy atom. The largest absolute Gasteiger partial charge is 0.550 e. The van der Waals surface area contributed by atoms with Gasteiger partial charge in [0.05, 0.1) is 13.5 Å². The van der Waals surface area contributed by atoms with Crippen molar-refractivity contribution >= 4 is 17.9 Å². The first kappa shape index (κ1) is 25.4. The molecule has 0 aromatic carbocycles. The van der Waals surface area contributed by atoms with Crippen molar-refractivity contribution < 1.29 is 29.3 Å². The van der Waals surface area contributed by atoms with Crippen molar-refractivity contribution in [3.8, 4) is 0 Å². The Morgan fingerprint density at radius 1 is 0.704 bits per heavy atom. The fourth-order valence-corrected chi connectivity index (χ4v) is 3.34. The molecule has 0 saturated heterocycles. The summed E-state index contributed by atoms with van der Waals surface area (Å²) in [6.45, 7) is 2.22. The van der Waals surface area contributed by atoms with Crippen molar-refractivity contribution in [2.45, 2.75) is 96.8 Å². The molecule has 0 aliphatic carbocycles. The minimum Gasteiger partial charge on any atom is -0.550 e. The lowest BCUT2D eigenvalue weighted by Crippen LogP contribution is -2.45. The number of aliphatic carboxylic acids is 2. The van der Waals surface area contributed by atoms with Crippen LogP contribution in [0.1, 0.15) is 96.8 Å². The molecule has 0 aromatic rings. The molecule has 6 nitrogen and oxygen atoms in total. The van der Waals surface area contributed by atoms with Crippen molar-refractivity contribution in [2.75, 3.05) is 7.11 Å². The zero-order chi connectivity index (χ0) is 20.5. The zero-order valence-electron chi connectivity index (χ0n) is 17.0. The van der Waals surface area contributed by atoms with E-state index in [0.717, 1.165) is 26.4 Å². The third-order valence-corrected chi connectivity index (χ3v) is 5.07. The summed E-state index contributed by atoms with van der Waals surface area (Å²) in [6.07, 6.45) is 13.5. The number of carbonyl (C=O) groups is 3. The number of esters is 1. The smallest absolute Gasteiger partial charge is 0.306 e. The second-order valence-electron chi connectivity index (χ2n) is 7.31. The number of rotatable bonds is 18. The number of carboxylic acid groups (broad SMARTS) is 2. The minimum atomic E-state index is -1.55. The summed E-state index contributed by atoms with van der Waals surface area (Å²) in [6, 6.07) is 0. The van der Waals surface area contributed by atoms with E-state index in [1.807, 2.05) is 0 Å². The van der Waals surface area contributed by atoms with E-state index in [-0.39, 0.29) is 6.42 Å². The molecule has 27 heavy (non-hydrogen) atoms. The van der Waals surface area contributed by atoms with Crippen LogP contribution >= 0.6 is 0 Å². The number of methoxy groups -OCH3 is 1. The molecule has 0 N–H and O–H groups in total. The average Bonchev–Trinajstić information content (AvgIpc) is 2.63. The Bertz CT molecular complexity index is 421. The quantitative estimate of drug-likeness (QED) is 0.265. The third-order valence-electron chi connectivity index (χ3n) is 5.07. The van der Waals surface area contributed by atoms with E-state index >= 15 is 0 Å². The first-order valence-electron chi connectivity index (χ1n) is 10.4. The van der Waals surface area contributed by atoms with Crippen LogP contribution < -0.4 is 10.2 Å². The molecule has 0 unspecified atom stereocenters. The van der Waals surface area contributed by atoms with Gasteiger partial charge < -0.3 is 24.5 Å². The summed E-state index contributed by atoms with van der Waals surface area (Å²) in [4.78, 5) is 33.8. The lowest BCUT2D eigenvalue weighted by molar-refractivity contribution is -0.327. The van der Waals surface area contributed by atoms with Crippen molar-refractivity contribution in [1.29, 1.82) is 0 Å². The summed E-state index contributed by atoms with van der Waals surface area (Å²) in [5.74, 6) is -6.39. The Hall–Kier alpha value is -1.59. The topological polar surface area (TPSA) is 107 Å². The predicted octanol–water partition coefficient (Wildman–Crippen LogP) is 2.37. The first-order valence-corrected chi connectivity index (χ1v) is 10.4. The van der Waals surface area contributed by atoms with Gasteiger partial charge >= 0.3 is 5.97 Å². The number of carbonyl (C=O) groups excluding carboxylic acids is 3. The van der Waals surface area contributed by atoms with Crippen molar-refractivity contribution in [3.63, 3.8) is 0 Å². The van der Waals surface area contributed by atoms with E-state index in [1.54, 1.807) is 0 Å². The number of hydrogen-bond acceptors (Lipinski definition) is 6. The van der Waals surface area contributed by atoms with Gasteiger partial charge in [-0.1, -0.05) is 84.0 Å². The molecule has 0 aliphatic heterocycles. The summed E-state index contributed by atoms with van der Waals surface area (Å²) in [7, 11) is 1.13. The molecule has 6 heteroatoms. The van der Waals surface area contributed by atoms with Crippen LogP contribution in [-0.2, 0) is 19.1 Å². The summed E-state index contributed by atoms with van der Waals surface area (Å²) in [5, 5.41) is 22.5. The molecule has 0 radical (unpaired) electrons. The van der Waals surface area contributed by atoms with Gasteiger partial charge in [0.1, 0.15) is 0 Å². The van der Waals surface area contributed by atoms with Crippen LogP contribution in [0.4, 0.5) is 0 Å². The van der Waals surface area contributed by atoms with E-state index in [0.29, 0.717) is 6.42 Å². The Kier molecular flexibility index (Phi) is 15.6. The van der Waals surface area contributed by atoms with Gasteiger partial charge in [-0.2, -0.15) is 0 Å². The average molecular weight is 385 g/mol. The van der Waals surface area contributed by atoms with Crippen LogP contribution in [0, 0.1) is 11.8 Å². The van der Waals surface area contributed by atoms with E-state index in [9.17, 15) is 24.6 Å². The van der Waals surface area contributed by atoms with Gasteiger partial charge in [0.2, 0.25) is 0 Å². The molecule has 0 amide bonds. The first-order chi connectivity index (χ1) is 12.9. The highest BCUT2D eigenvalue weighted by Crippen LogP contribution is 2.23. The summed E-state index contributed by atoms with van der Waals surface area (Å²) < 4.78 is 4.43. The van der Waals surface area contributed by atoms with Crippen LogP contribution in [0.5, 0.6) is 0 Å².